The standard InChI is InChI=1S/C20H26N2O4/c23-14-17-6-2-3-7-18(17)26-15-19(24)21-12-8-16(9-13-21)20(25)22-10-4-1-5-11-22/h2-3,6-7,14,16H,1,4-5,8-13,15H2. The van der Waals surface area contributed by atoms with Crippen LogP contribution >= 0.6 is 0 Å². The fraction of sp³-hybridized carbons (Fsp3) is 0.550. The van der Waals surface area contributed by atoms with Gasteiger partial charge in [-0.05, 0) is 44.2 Å². The zero-order valence-corrected chi connectivity index (χ0v) is 15.1. The van der Waals surface area contributed by atoms with Gasteiger partial charge in [0.1, 0.15) is 5.75 Å². The molecule has 2 amide bonds. The molecule has 0 radical (unpaired) electrons. The first kappa shape index (κ1) is 18.4. The summed E-state index contributed by atoms with van der Waals surface area (Å²) in [5.74, 6) is 0.613. The minimum Gasteiger partial charge on any atom is -0.483 e. The molecule has 2 aliphatic heterocycles. The monoisotopic (exact) mass is 358 g/mol. The van der Waals surface area contributed by atoms with Crippen LogP contribution in [0.15, 0.2) is 24.3 Å². The molecule has 0 atom stereocenters. The Kier molecular flexibility index (Phi) is 6.26. The van der Waals surface area contributed by atoms with Crippen LogP contribution in [-0.2, 0) is 9.59 Å². The number of para-hydroxylation sites is 1. The first-order valence-electron chi connectivity index (χ1n) is 9.42. The smallest absolute Gasteiger partial charge is 0.260 e. The number of rotatable bonds is 5. The van der Waals surface area contributed by atoms with E-state index in [1.165, 1.54) is 6.42 Å². The van der Waals surface area contributed by atoms with Crippen LogP contribution in [0.1, 0.15) is 42.5 Å². The lowest BCUT2D eigenvalue weighted by atomic mass is 9.94. The van der Waals surface area contributed by atoms with Crippen LogP contribution in [0.5, 0.6) is 5.75 Å². The van der Waals surface area contributed by atoms with Crippen LogP contribution in [-0.4, -0.2) is 60.7 Å². The van der Waals surface area contributed by atoms with Gasteiger partial charge in [0.15, 0.2) is 12.9 Å². The van der Waals surface area contributed by atoms with Gasteiger partial charge in [0.25, 0.3) is 5.91 Å². The molecule has 2 aliphatic rings. The second kappa shape index (κ2) is 8.83. The Bertz CT molecular complexity index is 647. The van der Waals surface area contributed by atoms with Gasteiger partial charge < -0.3 is 14.5 Å². The van der Waals surface area contributed by atoms with Gasteiger partial charge in [0.05, 0.1) is 5.56 Å². The molecule has 0 saturated carbocycles. The Hall–Kier alpha value is -2.37. The molecule has 0 aromatic heterocycles. The van der Waals surface area contributed by atoms with E-state index in [1.807, 2.05) is 4.90 Å². The minimum atomic E-state index is -0.102. The second-order valence-electron chi connectivity index (χ2n) is 6.99. The van der Waals surface area contributed by atoms with Crippen molar-refractivity contribution in [3.05, 3.63) is 29.8 Å². The highest BCUT2D eigenvalue weighted by Gasteiger charge is 2.30. The van der Waals surface area contributed by atoms with E-state index in [2.05, 4.69) is 0 Å². The Morgan fingerprint density at radius 2 is 1.69 bits per heavy atom. The maximum absolute atomic E-state index is 12.6. The third-order valence-electron chi connectivity index (χ3n) is 5.26. The van der Waals surface area contributed by atoms with Crippen LogP contribution in [0.2, 0.25) is 0 Å². The molecule has 1 aromatic rings. The van der Waals surface area contributed by atoms with Gasteiger partial charge in [-0.1, -0.05) is 12.1 Å². The van der Waals surface area contributed by atoms with E-state index in [1.54, 1.807) is 29.2 Å². The SMILES string of the molecule is O=Cc1ccccc1OCC(=O)N1CCC(C(=O)N2CCCCC2)CC1. The molecule has 0 bridgehead atoms. The van der Waals surface area contributed by atoms with E-state index >= 15 is 0 Å². The Morgan fingerprint density at radius 3 is 2.38 bits per heavy atom. The van der Waals surface area contributed by atoms with Crippen LogP contribution in [0, 0.1) is 5.92 Å². The minimum absolute atomic E-state index is 0.0360. The van der Waals surface area contributed by atoms with Gasteiger partial charge in [0.2, 0.25) is 5.91 Å². The van der Waals surface area contributed by atoms with Crippen molar-refractivity contribution in [2.45, 2.75) is 32.1 Å². The van der Waals surface area contributed by atoms with E-state index in [4.69, 9.17) is 4.74 Å². The van der Waals surface area contributed by atoms with Gasteiger partial charge >= 0.3 is 0 Å². The Balaban J connectivity index is 1.46. The number of aldehydes is 1. The van der Waals surface area contributed by atoms with Crippen molar-refractivity contribution < 1.29 is 19.1 Å². The first-order chi connectivity index (χ1) is 12.7. The van der Waals surface area contributed by atoms with Crippen molar-refractivity contribution >= 4 is 18.1 Å². The van der Waals surface area contributed by atoms with E-state index in [0.29, 0.717) is 37.2 Å². The zero-order valence-electron chi connectivity index (χ0n) is 15.1. The maximum Gasteiger partial charge on any atom is 0.260 e. The normalized spacial score (nSPS) is 18.5. The van der Waals surface area contributed by atoms with E-state index in [0.717, 1.165) is 32.2 Å². The molecule has 2 saturated heterocycles. The van der Waals surface area contributed by atoms with Crippen molar-refractivity contribution in [3.8, 4) is 5.75 Å². The predicted octanol–water partition coefficient (Wildman–Crippen LogP) is 2.13. The molecule has 0 unspecified atom stereocenters. The molecular weight excluding hydrogens is 332 g/mol. The van der Waals surface area contributed by atoms with Gasteiger partial charge in [-0.2, -0.15) is 0 Å². The average Bonchev–Trinajstić information content (AvgIpc) is 2.72. The zero-order chi connectivity index (χ0) is 18.4. The molecule has 6 heteroatoms. The number of carbonyl (C=O) groups excluding carboxylic acids is 3. The van der Waals surface area contributed by atoms with Crippen molar-refractivity contribution in [2.24, 2.45) is 5.92 Å². The number of carbonyl (C=O) groups is 3. The third kappa shape index (κ3) is 4.42. The third-order valence-corrected chi connectivity index (χ3v) is 5.26. The first-order valence-corrected chi connectivity index (χ1v) is 9.42. The highest BCUT2D eigenvalue weighted by Crippen LogP contribution is 2.22. The summed E-state index contributed by atoms with van der Waals surface area (Å²) in [6.07, 6.45) is 5.56. The summed E-state index contributed by atoms with van der Waals surface area (Å²) in [5.41, 5.74) is 0.436. The molecule has 2 fully saturated rings. The van der Waals surface area contributed by atoms with E-state index < -0.39 is 0 Å². The molecule has 0 spiro atoms. The van der Waals surface area contributed by atoms with Crippen LogP contribution in [0.25, 0.3) is 0 Å². The molecule has 6 nitrogen and oxygen atoms in total. The number of benzene rings is 1. The van der Waals surface area contributed by atoms with Crippen LogP contribution in [0.4, 0.5) is 0 Å². The quantitative estimate of drug-likeness (QED) is 0.756. The largest absolute Gasteiger partial charge is 0.483 e. The van der Waals surface area contributed by atoms with Gasteiger partial charge in [0, 0.05) is 32.1 Å². The van der Waals surface area contributed by atoms with E-state index in [9.17, 15) is 14.4 Å². The summed E-state index contributed by atoms with van der Waals surface area (Å²) in [7, 11) is 0. The molecule has 140 valence electrons. The Labute approximate surface area is 154 Å². The number of likely N-dealkylation sites (tertiary alicyclic amines) is 2. The highest BCUT2D eigenvalue weighted by atomic mass is 16.5. The van der Waals surface area contributed by atoms with Crippen LogP contribution < -0.4 is 4.74 Å². The summed E-state index contributed by atoms with van der Waals surface area (Å²) in [6, 6.07) is 6.86. The van der Waals surface area contributed by atoms with Gasteiger partial charge in [-0.25, -0.2) is 0 Å². The highest BCUT2D eigenvalue weighted by molar-refractivity contribution is 5.82. The molecule has 0 aliphatic carbocycles. The summed E-state index contributed by atoms with van der Waals surface area (Å²) >= 11 is 0. The average molecular weight is 358 g/mol. The lowest BCUT2D eigenvalue weighted by Crippen LogP contribution is -2.46. The molecule has 0 N–H and O–H groups in total. The van der Waals surface area contributed by atoms with E-state index in [-0.39, 0.29) is 24.3 Å². The van der Waals surface area contributed by atoms with Crippen molar-refractivity contribution in [2.75, 3.05) is 32.8 Å². The number of hydrogen-bond donors (Lipinski definition) is 0. The summed E-state index contributed by atoms with van der Waals surface area (Å²) in [5, 5.41) is 0. The Morgan fingerprint density at radius 1 is 1.00 bits per heavy atom. The maximum atomic E-state index is 12.6. The van der Waals surface area contributed by atoms with Crippen LogP contribution in [0.3, 0.4) is 0 Å². The molecule has 2 heterocycles. The van der Waals surface area contributed by atoms with Crippen molar-refractivity contribution in [1.29, 1.82) is 0 Å². The van der Waals surface area contributed by atoms with Gasteiger partial charge in [-0.15, -0.1) is 0 Å². The van der Waals surface area contributed by atoms with Crippen molar-refractivity contribution in [3.63, 3.8) is 0 Å². The lowest BCUT2D eigenvalue weighted by Gasteiger charge is -2.35. The molecular formula is C20H26N2O4. The topological polar surface area (TPSA) is 66.9 Å². The summed E-state index contributed by atoms with van der Waals surface area (Å²) < 4.78 is 5.51. The summed E-state index contributed by atoms with van der Waals surface area (Å²) in [4.78, 5) is 39.7. The molecule has 1 aromatic carbocycles. The number of amides is 2. The second-order valence-corrected chi connectivity index (χ2v) is 6.99. The molecule has 26 heavy (non-hydrogen) atoms. The predicted molar refractivity (Wildman–Crippen MR) is 97.1 cm³/mol. The fourth-order valence-electron chi connectivity index (χ4n) is 3.69. The number of ether oxygens (including phenoxy) is 1. The number of nitrogens with zero attached hydrogens (tertiary/aromatic N) is 2. The summed E-state index contributed by atoms with van der Waals surface area (Å²) in [6.45, 7) is 2.84. The lowest BCUT2D eigenvalue weighted by molar-refractivity contribution is -0.142. The van der Waals surface area contributed by atoms with Gasteiger partial charge in [-0.3, -0.25) is 14.4 Å². The number of piperidine rings is 2. The number of hydrogen-bond acceptors (Lipinski definition) is 4. The van der Waals surface area contributed by atoms with Crippen molar-refractivity contribution in [1.82, 2.24) is 9.80 Å². The molecule has 3 rings (SSSR count). The fourth-order valence-corrected chi connectivity index (χ4v) is 3.69.